The number of non-ortho nitro benzene ring substituents is 1. The van der Waals surface area contributed by atoms with E-state index in [4.69, 9.17) is 10.2 Å². The number of fused-ring (bicyclic) bond motifs is 1. The second kappa shape index (κ2) is 9.66. The monoisotopic (exact) mass is 489 g/mol. The van der Waals surface area contributed by atoms with Crippen molar-refractivity contribution in [1.82, 2.24) is 9.13 Å². The standard InChI is InChI=1S/C25H19N3O8/c29-22(30)11-15-1-3-16(4-2-15)14-27-21-12-19(28(35)36)9-10-20(21)26(23(31)24(27)32)13-17-5-7-18(8-6-17)25(33)34/h1-10,12H,11,13-14H2,(H,29,30)(H,33,34). The maximum atomic E-state index is 13.1. The minimum Gasteiger partial charge on any atom is -0.481 e. The number of carboxylic acids is 2. The number of hydrogen-bond acceptors (Lipinski definition) is 6. The summed E-state index contributed by atoms with van der Waals surface area (Å²) in [6, 6.07) is 16.1. The Bertz CT molecular complexity index is 1620. The minimum absolute atomic E-state index is 0.0486. The fraction of sp³-hybridized carbons (Fsp3) is 0.120. The molecule has 0 atom stereocenters. The Morgan fingerprint density at radius 1 is 0.750 bits per heavy atom. The summed E-state index contributed by atoms with van der Waals surface area (Å²) in [6.45, 7) is -0.111. The molecule has 1 aromatic heterocycles. The largest absolute Gasteiger partial charge is 0.481 e. The second-order valence-corrected chi connectivity index (χ2v) is 8.10. The van der Waals surface area contributed by atoms with E-state index in [0.717, 1.165) is 4.57 Å². The Morgan fingerprint density at radius 3 is 1.75 bits per heavy atom. The zero-order valence-corrected chi connectivity index (χ0v) is 18.7. The summed E-state index contributed by atoms with van der Waals surface area (Å²) < 4.78 is 2.35. The molecule has 0 saturated heterocycles. The van der Waals surface area contributed by atoms with Gasteiger partial charge >= 0.3 is 23.1 Å². The van der Waals surface area contributed by atoms with E-state index in [0.29, 0.717) is 16.7 Å². The first-order valence-electron chi connectivity index (χ1n) is 10.7. The molecule has 0 radical (unpaired) electrons. The lowest BCUT2D eigenvalue weighted by molar-refractivity contribution is -0.384. The lowest BCUT2D eigenvalue weighted by Gasteiger charge is -2.15. The van der Waals surface area contributed by atoms with Crippen LogP contribution in [0.25, 0.3) is 11.0 Å². The lowest BCUT2D eigenvalue weighted by Crippen LogP contribution is -2.42. The summed E-state index contributed by atoms with van der Waals surface area (Å²) >= 11 is 0. The van der Waals surface area contributed by atoms with Gasteiger partial charge in [0.25, 0.3) is 5.69 Å². The van der Waals surface area contributed by atoms with Crippen molar-refractivity contribution in [3.8, 4) is 0 Å². The van der Waals surface area contributed by atoms with Gasteiger partial charge in [-0.15, -0.1) is 0 Å². The third kappa shape index (κ3) is 4.89. The van der Waals surface area contributed by atoms with E-state index in [1.165, 1.54) is 47.0 Å². The van der Waals surface area contributed by atoms with Crippen LogP contribution in [0.4, 0.5) is 5.69 Å². The van der Waals surface area contributed by atoms with Crippen LogP contribution in [0.15, 0.2) is 76.3 Å². The molecule has 3 aromatic carbocycles. The van der Waals surface area contributed by atoms with Crippen LogP contribution in [0.1, 0.15) is 27.0 Å². The Morgan fingerprint density at radius 2 is 1.25 bits per heavy atom. The molecular formula is C25H19N3O8. The van der Waals surface area contributed by atoms with Crippen molar-refractivity contribution in [2.45, 2.75) is 19.5 Å². The van der Waals surface area contributed by atoms with E-state index in [1.807, 2.05) is 0 Å². The third-order valence-corrected chi connectivity index (χ3v) is 5.69. The summed E-state index contributed by atoms with van der Waals surface area (Å²) in [7, 11) is 0. The average Bonchev–Trinajstić information content (AvgIpc) is 2.85. The van der Waals surface area contributed by atoms with E-state index in [9.17, 15) is 29.3 Å². The van der Waals surface area contributed by atoms with Crippen LogP contribution in [-0.4, -0.2) is 36.2 Å². The van der Waals surface area contributed by atoms with Crippen molar-refractivity contribution in [1.29, 1.82) is 0 Å². The second-order valence-electron chi connectivity index (χ2n) is 8.10. The number of carbonyl (C=O) groups is 2. The zero-order chi connectivity index (χ0) is 26.0. The maximum Gasteiger partial charge on any atom is 0.335 e. The van der Waals surface area contributed by atoms with Gasteiger partial charge in [0.05, 0.1) is 41.0 Å². The molecule has 0 amide bonds. The highest BCUT2D eigenvalue weighted by Crippen LogP contribution is 2.21. The van der Waals surface area contributed by atoms with Crippen LogP contribution in [0.3, 0.4) is 0 Å². The summed E-state index contributed by atoms with van der Waals surface area (Å²) in [5.74, 6) is -2.09. The lowest BCUT2D eigenvalue weighted by atomic mass is 10.1. The molecule has 182 valence electrons. The van der Waals surface area contributed by atoms with Gasteiger partial charge in [-0.3, -0.25) is 33.6 Å². The van der Waals surface area contributed by atoms with E-state index >= 15 is 0 Å². The van der Waals surface area contributed by atoms with Gasteiger partial charge in [0.1, 0.15) is 0 Å². The Kier molecular flexibility index (Phi) is 6.46. The van der Waals surface area contributed by atoms with Gasteiger partial charge in [0.2, 0.25) is 0 Å². The average molecular weight is 489 g/mol. The Balaban J connectivity index is 1.82. The van der Waals surface area contributed by atoms with Crippen LogP contribution >= 0.6 is 0 Å². The van der Waals surface area contributed by atoms with Gasteiger partial charge in [0.15, 0.2) is 0 Å². The smallest absolute Gasteiger partial charge is 0.335 e. The number of aromatic nitrogens is 2. The number of rotatable bonds is 8. The Hall–Kier alpha value is -5.06. The van der Waals surface area contributed by atoms with Crippen molar-refractivity contribution < 1.29 is 24.7 Å². The number of aliphatic carboxylic acids is 1. The van der Waals surface area contributed by atoms with Crippen LogP contribution in [0.5, 0.6) is 0 Å². The fourth-order valence-corrected chi connectivity index (χ4v) is 3.89. The third-order valence-electron chi connectivity index (χ3n) is 5.69. The van der Waals surface area contributed by atoms with Crippen LogP contribution in [0.2, 0.25) is 0 Å². The SMILES string of the molecule is O=C(O)Cc1ccc(Cn2c(=O)c(=O)n(Cc3ccc(C(=O)O)cc3)c3ccc([N+](=O)[O-])cc32)cc1. The molecule has 11 nitrogen and oxygen atoms in total. The molecule has 4 rings (SSSR count). The highest BCUT2D eigenvalue weighted by atomic mass is 16.6. The molecule has 0 saturated carbocycles. The number of nitro groups is 1. The van der Waals surface area contributed by atoms with E-state index in [1.54, 1.807) is 24.3 Å². The number of hydrogen-bond donors (Lipinski definition) is 2. The molecule has 0 aliphatic rings. The van der Waals surface area contributed by atoms with Gasteiger partial charge in [-0.25, -0.2) is 4.79 Å². The maximum absolute atomic E-state index is 13.1. The van der Waals surface area contributed by atoms with Gasteiger partial charge in [-0.1, -0.05) is 36.4 Å². The first-order chi connectivity index (χ1) is 17.1. The summed E-state index contributed by atoms with van der Waals surface area (Å²) in [5, 5.41) is 29.4. The van der Waals surface area contributed by atoms with Crippen molar-refractivity contribution in [3.63, 3.8) is 0 Å². The highest BCUT2D eigenvalue weighted by Gasteiger charge is 2.17. The molecule has 11 heteroatoms. The van der Waals surface area contributed by atoms with Crippen molar-refractivity contribution in [2.24, 2.45) is 0 Å². The van der Waals surface area contributed by atoms with Gasteiger partial charge in [-0.2, -0.15) is 0 Å². The summed E-state index contributed by atoms with van der Waals surface area (Å²) in [4.78, 5) is 59.1. The molecule has 0 aliphatic carbocycles. The fourth-order valence-electron chi connectivity index (χ4n) is 3.89. The van der Waals surface area contributed by atoms with E-state index in [-0.39, 0.29) is 41.8 Å². The molecule has 1 heterocycles. The Labute approximate surface area is 202 Å². The normalized spacial score (nSPS) is 10.9. The molecule has 2 N–H and O–H groups in total. The zero-order valence-electron chi connectivity index (χ0n) is 18.7. The minimum atomic E-state index is -1.10. The topological polar surface area (TPSA) is 162 Å². The molecule has 0 unspecified atom stereocenters. The number of carboxylic acid groups (broad SMARTS) is 2. The number of benzene rings is 3. The van der Waals surface area contributed by atoms with Gasteiger partial charge in [-0.05, 0) is 34.9 Å². The molecule has 0 bridgehead atoms. The number of nitro benzene ring substituents is 1. The predicted octanol–water partition coefficient (Wildman–Crippen LogP) is 2.49. The molecular weight excluding hydrogens is 470 g/mol. The highest BCUT2D eigenvalue weighted by molar-refractivity contribution is 5.87. The predicted molar refractivity (Wildman–Crippen MR) is 129 cm³/mol. The van der Waals surface area contributed by atoms with Crippen molar-refractivity contribution >= 4 is 28.7 Å². The molecule has 0 aliphatic heterocycles. The van der Waals surface area contributed by atoms with Crippen LogP contribution in [0, 0.1) is 10.1 Å². The van der Waals surface area contributed by atoms with Crippen LogP contribution in [-0.2, 0) is 24.3 Å². The van der Waals surface area contributed by atoms with E-state index in [2.05, 4.69) is 0 Å². The van der Waals surface area contributed by atoms with Crippen LogP contribution < -0.4 is 11.1 Å². The first kappa shape index (κ1) is 24.1. The van der Waals surface area contributed by atoms with Crippen molar-refractivity contribution in [3.05, 3.63) is 120 Å². The first-order valence-corrected chi connectivity index (χ1v) is 10.7. The molecule has 0 fully saturated rings. The summed E-state index contributed by atoms with van der Waals surface area (Å²) in [5.41, 5.74) is 0.248. The van der Waals surface area contributed by atoms with Gasteiger partial charge in [0, 0.05) is 12.1 Å². The molecule has 4 aromatic rings. The molecule has 36 heavy (non-hydrogen) atoms. The number of nitrogens with zero attached hydrogens (tertiary/aromatic N) is 3. The van der Waals surface area contributed by atoms with Crippen molar-refractivity contribution in [2.75, 3.05) is 0 Å². The quantitative estimate of drug-likeness (QED) is 0.217. The van der Waals surface area contributed by atoms with Gasteiger partial charge < -0.3 is 10.2 Å². The molecule has 0 spiro atoms. The van der Waals surface area contributed by atoms with E-state index < -0.39 is 28.0 Å². The summed E-state index contributed by atoms with van der Waals surface area (Å²) in [6.07, 6.45) is -0.168. The number of aromatic carboxylic acids is 1.